The molecule has 0 aliphatic rings. The van der Waals surface area contributed by atoms with Crippen molar-refractivity contribution in [2.45, 2.75) is 20.3 Å². The van der Waals surface area contributed by atoms with Crippen molar-refractivity contribution in [3.05, 3.63) is 46.0 Å². The number of anilines is 1. The van der Waals surface area contributed by atoms with Gasteiger partial charge in [0.25, 0.3) is 0 Å². The molecule has 0 spiro atoms. The molecule has 0 bridgehead atoms. The summed E-state index contributed by atoms with van der Waals surface area (Å²) in [5, 5.41) is 3.31. The average molecular weight is 312 g/mol. The highest BCUT2D eigenvalue weighted by atomic mass is 35.5. The number of aryl methyl sites for hydroxylation is 2. The number of benzene rings is 1. The van der Waals surface area contributed by atoms with E-state index in [1.165, 1.54) is 22.5 Å². The van der Waals surface area contributed by atoms with Gasteiger partial charge in [0, 0.05) is 11.3 Å². The molecule has 2 rings (SSSR count). The van der Waals surface area contributed by atoms with E-state index in [4.69, 9.17) is 5.73 Å². The zero-order valence-corrected chi connectivity index (χ0v) is 13.1. The lowest BCUT2D eigenvalue weighted by atomic mass is 10.1. The fourth-order valence-corrected chi connectivity index (χ4v) is 2.72. The van der Waals surface area contributed by atoms with Crippen molar-refractivity contribution in [1.29, 1.82) is 0 Å². The summed E-state index contributed by atoms with van der Waals surface area (Å²) in [4.78, 5) is 16.7. The minimum Gasteiger partial charge on any atom is -0.322 e. The van der Waals surface area contributed by atoms with Crippen LogP contribution < -0.4 is 11.1 Å². The standard InChI is InChI=1S/C14H17N3OS.ClH/c1-9-3-5-11(6-4-9)7-12-10(2)16-14(19-12)17-13(18)8-15;/h3-6H,7-8,15H2,1-2H3,(H,16,17,18);1H. The molecule has 0 saturated carbocycles. The molecule has 0 fully saturated rings. The Morgan fingerprint density at radius 3 is 2.55 bits per heavy atom. The van der Waals surface area contributed by atoms with Gasteiger partial charge < -0.3 is 11.1 Å². The van der Waals surface area contributed by atoms with Crippen molar-refractivity contribution >= 4 is 34.8 Å². The Morgan fingerprint density at radius 2 is 1.95 bits per heavy atom. The predicted molar refractivity (Wildman–Crippen MR) is 85.8 cm³/mol. The molecule has 1 amide bonds. The fraction of sp³-hybridized carbons (Fsp3) is 0.286. The van der Waals surface area contributed by atoms with Gasteiger partial charge in [-0.2, -0.15) is 0 Å². The van der Waals surface area contributed by atoms with Crippen molar-refractivity contribution < 1.29 is 4.79 Å². The molecule has 0 aliphatic heterocycles. The molecule has 3 N–H and O–H groups in total. The van der Waals surface area contributed by atoms with E-state index in [2.05, 4.69) is 41.5 Å². The molecule has 1 aromatic heterocycles. The number of nitrogens with zero attached hydrogens (tertiary/aromatic N) is 1. The number of carbonyl (C=O) groups is 1. The molecule has 20 heavy (non-hydrogen) atoms. The average Bonchev–Trinajstić information content (AvgIpc) is 2.72. The first-order valence-electron chi connectivity index (χ1n) is 6.10. The first-order valence-corrected chi connectivity index (χ1v) is 6.92. The van der Waals surface area contributed by atoms with Gasteiger partial charge in [0.1, 0.15) is 0 Å². The Labute approximate surface area is 128 Å². The molecular formula is C14H18ClN3OS. The van der Waals surface area contributed by atoms with Gasteiger partial charge >= 0.3 is 0 Å². The van der Waals surface area contributed by atoms with Crippen LogP contribution in [0.25, 0.3) is 0 Å². The summed E-state index contributed by atoms with van der Waals surface area (Å²) < 4.78 is 0. The van der Waals surface area contributed by atoms with Gasteiger partial charge in [-0.1, -0.05) is 29.8 Å². The number of amides is 1. The molecule has 108 valence electrons. The van der Waals surface area contributed by atoms with E-state index in [9.17, 15) is 4.79 Å². The Hall–Kier alpha value is -1.43. The number of halogens is 1. The lowest BCUT2D eigenvalue weighted by Crippen LogP contribution is -2.21. The highest BCUT2D eigenvalue weighted by Gasteiger charge is 2.10. The molecule has 4 nitrogen and oxygen atoms in total. The SMILES string of the molecule is Cc1ccc(Cc2sc(NC(=O)CN)nc2C)cc1.Cl. The van der Waals surface area contributed by atoms with E-state index >= 15 is 0 Å². The largest absolute Gasteiger partial charge is 0.322 e. The maximum Gasteiger partial charge on any atom is 0.239 e. The van der Waals surface area contributed by atoms with Crippen LogP contribution in [-0.2, 0) is 11.2 Å². The third-order valence-corrected chi connectivity index (χ3v) is 3.88. The van der Waals surface area contributed by atoms with E-state index < -0.39 is 0 Å². The number of nitrogens with one attached hydrogen (secondary N) is 1. The van der Waals surface area contributed by atoms with Gasteiger partial charge in [-0.3, -0.25) is 4.79 Å². The topological polar surface area (TPSA) is 68.0 Å². The van der Waals surface area contributed by atoms with E-state index in [1.807, 2.05) is 6.92 Å². The number of aromatic nitrogens is 1. The second-order valence-corrected chi connectivity index (χ2v) is 5.53. The van der Waals surface area contributed by atoms with E-state index in [-0.39, 0.29) is 24.9 Å². The van der Waals surface area contributed by atoms with Gasteiger partial charge in [-0.05, 0) is 19.4 Å². The molecule has 1 aromatic carbocycles. The molecule has 1 heterocycles. The Bertz CT molecular complexity index is 581. The van der Waals surface area contributed by atoms with Gasteiger partial charge in [-0.25, -0.2) is 4.98 Å². The number of nitrogens with two attached hydrogens (primary N) is 1. The lowest BCUT2D eigenvalue weighted by molar-refractivity contribution is -0.114. The van der Waals surface area contributed by atoms with Crippen LogP contribution >= 0.6 is 23.7 Å². The number of rotatable bonds is 4. The number of hydrogen-bond acceptors (Lipinski definition) is 4. The molecule has 0 atom stereocenters. The third kappa shape index (κ3) is 4.30. The highest BCUT2D eigenvalue weighted by molar-refractivity contribution is 7.15. The summed E-state index contributed by atoms with van der Waals surface area (Å²) in [6.45, 7) is 4.01. The summed E-state index contributed by atoms with van der Waals surface area (Å²) >= 11 is 1.50. The Kier molecular flexibility index (Phi) is 6.13. The van der Waals surface area contributed by atoms with Crippen molar-refractivity contribution in [3.63, 3.8) is 0 Å². The Balaban J connectivity index is 0.00000200. The first-order chi connectivity index (χ1) is 9.08. The molecule has 2 aromatic rings. The zero-order valence-electron chi connectivity index (χ0n) is 11.5. The van der Waals surface area contributed by atoms with Crippen LogP contribution in [0.15, 0.2) is 24.3 Å². The van der Waals surface area contributed by atoms with E-state index in [0.717, 1.165) is 17.0 Å². The fourth-order valence-electron chi connectivity index (χ4n) is 1.71. The molecule has 0 saturated heterocycles. The zero-order chi connectivity index (χ0) is 13.8. The molecular weight excluding hydrogens is 294 g/mol. The van der Waals surface area contributed by atoms with Crippen molar-refractivity contribution in [3.8, 4) is 0 Å². The maximum absolute atomic E-state index is 11.2. The third-order valence-electron chi connectivity index (χ3n) is 2.81. The maximum atomic E-state index is 11.2. The second-order valence-electron chi connectivity index (χ2n) is 4.44. The van der Waals surface area contributed by atoms with Crippen LogP contribution in [0, 0.1) is 13.8 Å². The first kappa shape index (κ1) is 16.6. The van der Waals surface area contributed by atoms with Crippen LogP contribution in [0.4, 0.5) is 5.13 Å². The van der Waals surface area contributed by atoms with E-state index in [1.54, 1.807) is 0 Å². The molecule has 0 aliphatic carbocycles. The molecule has 6 heteroatoms. The number of thiazole rings is 1. The van der Waals surface area contributed by atoms with Gasteiger partial charge in [0.05, 0.1) is 12.2 Å². The van der Waals surface area contributed by atoms with Gasteiger partial charge in [0.2, 0.25) is 5.91 Å². The molecule has 0 unspecified atom stereocenters. The summed E-state index contributed by atoms with van der Waals surface area (Å²) in [6, 6.07) is 8.44. The summed E-state index contributed by atoms with van der Waals surface area (Å²) in [5.41, 5.74) is 8.72. The summed E-state index contributed by atoms with van der Waals surface area (Å²) in [5.74, 6) is -0.212. The lowest BCUT2D eigenvalue weighted by Gasteiger charge is -2.00. The minimum absolute atomic E-state index is 0. The van der Waals surface area contributed by atoms with Crippen LogP contribution in [0.3, 0.4) is 0 Å². The van der Waals surface area contributed by atoms with Crippen LogP contribution in [0.5, 0.6) is 0 Å². The van der Waals surface area contributed by atoms with Crippen LogP contribution in [0.1, 0.15) is 21.7 Å². The molecule has 0 radical (unpaired) electrons. The van der Waals surface area contributed by atoms with Gasteiger partial charge in [0.15, 0.2) is 5.13 Å². The number of hydrogen-bond donors (Lipinski definition) is 2. The quantitative estimate of drug-likeness (QED) is 0.912. The van der Waals surface area contributed by atoms with Gasteiger partial charge in [-0.15, -0.1) is 23.7 Å². The smallest absolute Gasteiger partial charge is 0.239 e. The predicted octanol–water partition coefficient (Wildman–Crippen LogP) is 2.67. The van der Waals surface area contributed by atoms with Crippen molar-refractivity contribution in [1.82, 2.24) is 4.98 Å². The van der Waals surface area contributed by atoms with Crippen molar-refractivity contribution in [2.75, 3.05) is 11.9 Å². The van der Waals surface area contributed by atoms with Crippen molar-refractivity contribution in [2.24, 2.45) is 5.73 Å². The van der Waals surface area contributed by atoms with Crippen LogP contribution in [0.2, 0.25) is 0 Å². The summed E-state index contributed by atoms with van der Waals surface area (Å²) in [7, 11) is 0. The number of carbonyl (C=O) groups excluding carboxylic acids is 1. The highest BCUT2D eigenvalue weighted by Crippen LogP contribution is 2.25. The summed E-state index contributed by atoms with van der Waals surface area (Å²) in [6.07, 6.45) is 0.836. The monoisotopic (exact) mass is 311 g/mol. The van der Waals surface area contributed by atoms with Crippen LogP contribution in [-0.4, -0.2) is 17.4 Å². The Morgan fingerprint density at radius 1 is 1.30 bits per heavy atom. The normalized spacial score (nSPS) is 9.95. The second kappa shape index (κ2) is 7.38. The van der Waals surface area contributed by atoms with E-state index in [0.29, 0.717) is 5.13 Å². The minimum atomic E-state index is -0.212.